The van der Waals surface area contributed by atoms with Crippen molar-refractivity contribution in [2.75, 3.05) is 12.1 Å². The van der Waals surface area contributed by atoms with Gasteiger partial charge in [-0.2, -0.15) is 10.2 Å². The van der Waals surface area contributed by atoms with Crippen LogP contribution < -0.4 is 14.8 Å². The lowest BCUT2D eigenvalue weighted by Crippen LogP contribution is -2.14. The summed E-state index contributed by atoms with van der Waals surface area (Å²) in [7, 11) is 0. The Hall–Kier alpha value is -4.28. The normalized spacial score (nSPS) is 12.1. The predicted octanol–water partition coefficient (Wildman–Crippen LogP) is 1.43. The van der Waals surface area contributed by atoms with Gasteiger partial charge in [-0.25, -0.2) is 19.6 Å². The van der Waals surface area contributed by atoms with Crippen LogP contribution in [0.15, 0.2) is 49.3 Å². The van der Waals surface area contributed by atoms with Gasteiger partial charge >= 0.3 is 0 Å². The minimum absolute atomic E-state index is 0.197. The average Bonchev–Trinajstić information content (AvgIpc) is 3.49. The number of amides is 1. The zero-order valence-corrected chi connectivity index (χ0v) is 14.2. The van der Waals surface area contributed by atoms with E-state index in [0.717, 1.165) is 5.56 Å². The van der Waals surface area contributed by atoms with Gasteiger partial charge in [0, 0.05) is 11.6 Å². The highest BCUT2D eigenvalue weighted by molar-refractivity contribution is 6.03. The maximum atomic E-state index is 12.5. The Morgan fingerprint density at radius 2 is 2.04 bits per heavy atom. The molecular weight excluding hydrogens is 364 g/mol. The lowest BCUT2D eigenvalue weighted by Gasteiger charge is -2.04. The summed E-state index contributed by atoms with van der Waals surface area (Å²) in [4.78, 5) is 24.5. The fraction of sp³-hybridized carbons (Fsp3) is 0.0588. The van der Waals surface area contributed by atoms with Crippen molar-refractivity contribution in [1.29, 1.82) is 0 Å². The monoisotopic (exact) mass is 376 g/mol. The van der Waals surface area contributed by atoms with E-state index in [0.29, 0.717) is 28.8 Å². The summed E-state index contributed by atoms with van der Waals surface area (Å²) < 4.78 is 12.1. The van der Waals surface area contributed by atoms with E-state index in [1.807, 2.05) is 12.1 Å². The number of H-pyrrole nitrogens is 1. The highest BCUT2D eigenvalue weighted by Crippen LogP contribution is 2.35. The molecule has 28 heavy (non-hydrogen) atoms. The molecule has 0 spiro atoms. The lowest BCUT2D eigenvalue weighted by molar-refractivity contribution is 0.102. The molecule has 2 N–H and O–H groups in total. The summed E-state index contributed by atoms with van der Waals surface area (Å²) in [6.45, 7) is 0.197. The largest absolute Gasteiger partial charge is 0.454 e. The van der Waals surface area contributed by atoms with Crippen LogP contribution >= 0.6 is 0 Å². The minimum atomic E-state index is -0.386. The van der Waals surface area contributed by atoms with Gasteiger partial charge in [0.05, 0.1) is 5.69 Å². The number of carbonyl (C=O) groups excluding carboxylic acids is 1. The molecule has 0 atom stereocenters. The zero-order valence-electron chi connectivity index (χ0n) is 14.2. The van der Waals surface area contributed by atoms with Gasteiger partial charge in [0.25, 0.3) is 5.91 Å². The van der Waals surface area contributed by atoms with Crippen molar-refractivity contribution in [3.05, 3.63) is 55.0 Å². The number of rotatable bonds is 4. The summed E-state index contributed by atoms with van der Waals surface area (Å²) in [5, 5.41) is 13.6. The molecule has 1 amide bonds. The molecule has 5 rings (SSSR count). The van der Waals surface area contributed by atoms with Gasteiger partial charge in [-0.3, -0.25) is 9.89 Å². The lowest BCUT2D eigenvalue weighted by atomic mass is 10.1. The maximum Gasteiger partial charge on any atom is 0.274 e. The smallest absolute Gasteiger partial charge is 0.274 e. The number of carbonyl (C=O) groups is 1. The number of hydrogen-bond donors (Lipinski definition) is 2. The number of hydrogen-bond acceptors (Lipinski definition) is 8. The van der Waals surface area contributed by atoms with Crippen LogP contribution in [0.2, 0.25) is 0 Å². The van der Waals surface area contributed by atoms with Crippen LogP contribution in [0.25, 0.3) is 17.1 Å². The fourth-order valence-corrected chi connectivity index (χ4v) is 2.69. The third kappa shape index (κ3) is 2.90. The van der Waals surface area contributed by atoms with E-state index in [4.69, 9.17) is 9.47 Å². The number of aromatic amines is 1. The Kier molecular flexibility index (Phi) is 3.68. The number of anilines is 1. The van der Waals surface area contributed by atoms with Crippen LogP contribution in [0.1, 0.15) is 10.5 Å². The van der Waals surface area contributed by atoms with Crippen LogP contribution in [0.3, 0.4) is 0 Å². The van der Waals surface area contributed by atoms with Gasteiger partial charge in [-0.1, -0.05) is 0 Å². The van der Waals surface area contributed by atoms with Gasteiger partial charge in [-0.15, -0.1) is 0 Å². The maximum absolute atomic E-state index is 12.5. The summed E-state index contributed by atoms with van der Waals surface area (Å²) in [5.41, 5.74) is 1.69. The van der Waals surface area contributed by atoms with Gasteiger partial charge in [0.2, 0.25) is 6.79 Å². The number of benzene rings is 1. The number of ether oxygens (including phenoxy) is 2. The van der Waals surface area contributed by atoms with Crippen molar-refractivity contribution < 1.29 is 14.3 Å². The van der Waals surface area contributed by atoms with Crippen LogP contribution in [0, 0.1) is 0 Å². The summed E-state index contributed by atoms with van der Waals surface area (Å²) in [6.07, 6.45) is 4.22. The molecule has 0 saturated carbocycles. The van der Waals surface area contributed by atoms with E-state index in [-0.39, 0.29) is 18.4 Å². The molecule has 0 radical (unpaired) electrons. The number of aromatic nitrogens is 7. The standard InChI is InChI=1S/C17H12N8O3/c26-17(22-15-5-16(20-7-19-15)25-8-18-6-21-25)12-4-11(23-24-12)10-1-2-13-14(3-10)28-9-27-13/h1-8H,9H2,(H,23,24)(H,19,20,22,26). The highest BCUT2D eigenvalue weighted by Gasteiger charge is 2.17. The van der Waals surface area contributed by atoms with Gasteiger partial charge in [0.15, 0.2) is 17.3 Å². The Balaban J connectivity index is 1.35. The van der Waals surface area contributed by atoms with E-state index in [1.165, 1.54) is 23.7 Å². The first kappa shape index (κ1) is 15.9. The summed E-state index contributed by atoms with van der Waals surface area (Å²) >= 11 is 0. The first-order chi connectivity index (χ1) is 13.8. The zero-order chi connectivity index (χ0) is 18.9. The molecule has 0 saturated heterocycles. The number of fused-ring (bicyclic) bond motifs is 1. The molecule has 4 heterocycles. The molecule has 1 aliphatic heterocycles. The molecule has 0 unspecified atom stereocenters. The molecule has 11 heteroatoms. The van der Waals surface area contributed by atoms with E-state index in [2.05, 4.69) is 35.6 Å². The Morgan fingerprint density at radius 1 is 1.11 bits per heavy atom. The topological polar surface area (TPSA) is 133 Å². The Morgan fingerprint density at radius 3 is 2.93 bits per heavy atom. The second kappa shape index (κ2) is 6.46. The van der Waals surface area contributed by atoms with E-state index >= 15 is 0 Å². The van der Waals surface area contributed by atoms with E-state index in [1.54, 1.807) is 18.2 Å². The van der Waals surface area contributed by atoms with Gasteiger partial charge < -0.3 is 14.8 Å². The molecular formula is C17H12N8O3. The molecule has 1 aromatic carbocycles. The molecule has 0 bridgehead atoms. The summed E-state index contributed by atoms with van der Waals surface area (Å²) in [5.74, 6) is 1.75. The van der Waals surface area contributed by atoms with Crippen molar-refractivity contribution in [2.45, 2.75) is 0 Å². The highest BCUT2D eigenvalue weighted by atomic mass is 16.7. The molecule has 3 aromatic heterocycles. The third-order valence-corrected chi connectivity index (χ3v) is 4.04. The van der Waals surface area contributed by atoms with E-state index < -0.39 is 0 Å². The van der Waals surface area contributed by atoms with Crippen LogP contribution in [-0.4, -0.2) is 47.6 Å². The first-order valence-electron chi connectivity index (χ1n) is 8.20. The molecule has 1 aliphatic rings. The number of nitrogens with one attached hydrogen (secondary N) is 2. The van der Waals surface area contributed by atoms with Crippen molar-refractivity contribution in [2.24, 2.45) is 0 Å². The van der Waals surface area contributed by atoms with Crippen molar-refractivity contribution in [1.82, 2.24) is 34.9 Å². The summed E-state index contributed by atoms with van der Waals surface area (Å²) in [6, 6.07) is 8.70. The SMILES string of the molecule is O=C(Nc1cc(-n2cncn2)ncn1)c1cc(-c2ccc3c(c2)OCO3)n[nH]1. The number of nitrogens with zero attached hydrogens (tertiary/aromatic N) is 6. The third-order valence-electron chi connectivity index (χ3n) is 4.04. The van der Waals surface area contributed by atoms with Crippen LogP contribution in [0.4, 0.5) is 5.82 Å². The Labute approximate surface area is 157 Å². The first-order valence-corrected chi connectivity index (χ1v) is 8.20. The van der Waals surface area contributed by atoms with Crippen molar-refractivity contribution in [3.63, 3.8) is 0 Å². The molecule has 4 aromatic rings. The quantitative estimate of drug-likeness (QED) is 0.546. The molecule has 0 aliphatic carbocycles. The molecule has 0 fully saturated rings. The molecule has 11 nitrogen and oxygen atoms in total. The average molecular weight is 376 g/mol. The predicted molar refractivity (Wildman–Crippen MR) is 95.0 cm³/mol. The minimum Gasteiger partial charge on any atom is -0.454 e. The Bertz CT molecular complexity index is 1150. The van der Waals surface area contributed by atoms with E-state index in [9.17, 15) is 4.79 Å². The van der Waals surface area contributed by atoms with Crippen LogP contribution in [0.5, 0.6) is 11.5 Å². The van der Waals surface area contributed by atoms with Gasteiger partial charge in [0.1, 0.15) is 30.5 Å². The second-order valence-corrected chi connectivity index (χ2v) is 5.79. The fourth-order valence-electron chi connectivity index (χ4n) is 2.69. The van der Waals surface area contributed by atoms with Crippen LogP contribution in [-0.2, 0) is 0 Å². The van der Waals surface area contributed by atoms with Gasteiger partial charge in [-0.05, 0) is 24.3 Å². The van der Waals surface area contributed by atoms with Crippen molar-refractivity contribution >= 4 is 11.7 Å². The molecule has 138 valence electrons. The second-order valence-electron chi connectivity index (χ2n) is 5.79. The van der Waals surface area contributed by atoms with Crippen molar-refractivity contribution in [3.8, 4) is 28.6 Å².